The Kier molecular flexibility index (Phi) is 2.81. The molecule has 15 heavy (non-hydrogen) atoms. The molecule has 0 saturated carbocycles. The molecule has 0 spiro atoms. The molecule has 80 valence electrons. The Morgan fingerprint density at radius 3 is 2.80 bits per heavy atom. The normalized spacial score (nSPS) is 11.5. The van der Waals surface area contributed by atoms with Crippen molar-refractivity contribution in [3.8, 4) is 0 Å². The van der Waals surface area contributed by atoms with Crippen LogP contribution < -0.4 is 0 Å². The van der Waals surface area contributed by atoms with E-state index in [1.807, 2.05) is 0 Å². The molecule has 0 amide bonds. The van der Waals surface area contributed by atoms with E-state index in [1.54, 1.807) is 0 Å². The van der Waals surface area contributed by atoms with Crippen molar-refractivity contribution in [2.75, 3.05) is 0 Å². The molecular weight excluding hydrogens is 182 g/mol. The predicted molar refractivity (Wildman–Crippen MR) is 66.2 cm³/mol. The van der Waals surface area contributed by atoms with Gasteiger partial charge in [-0.05, 0) is 42.9 Å². The monoisotopic (exact) mass is 201 g/mol. The highest BCUT2D eigenvalue weighted by molar-refractivity contribution is 5.83. The SMILES string of the molecule is Cc1ccc2c(CCC(C)C)c[nH]c2c1. The van der Waals surface area contributed by atoms with E-state index in [9.17, 15) is 0 Å². The van der Waals surface area contributed by atoms with Gasteiger partial charge in [-0.15, -0.1) is 0 Å². The van der Waals surface area contributed by atoms with Crippen molar-refractivity contribution in [1.82, 2.24) is 4.98 Å². The first-order chi connectivity index (χ1) is 7.16. The van der Waals surface area contributed by atoms with Crippen LogP contribution in [-0.4, -0.2) is 4.98 Å². The molecule has 0 fully saturated rings. The maximum atomic E-state index is 3.35. The second-order valence-corrected chi connectivity index (χ2v) is 4.80. The molecule has 1 nitrogen and oxygen atoms in total. The van der Waals surface area contributed by atoms with E-state index in [1.165, 1.54) is 34.9 Å². The van der Waals surface area contributed by atoms with Gasteiger partial charge in [-0.25, -0.2) is 0 Å². The number of aromatic amines is 1. The average molecular weight is 201 g/mol. The number of hydrogen-bond acceptors (Lipinski definition) is 0. The third-order valence-electron chi connectivity index (χ3n) is 2.91. The minimum absolute atomic E-state index is 0.778. The van der Waals surface area contributed by atoms with Gasteiger partial charge >= 0.3 is 0 Å². The van der Waals surface area contributed by atoms with Crippen molar-refractivity contribution in [2.45, 2.75) is 33.6 Å². The first-order valence-corrected chi connectivity index (χ1v) is 5.73. The second kappa shape index (κ2) is 4.09. The fraction of sp³-hybridized carbons (Fsp3) is 0.429. The molecule has 0 radical (unpaired) electrons. The van der Waals surface area contributed by atoms with Crippen molar-refractivity contribution < 1.29 is 0 Å². The van der Waals surface area contributed by atoms with Crippen LogP contribution in [0.15, 0.2) is 24.4 Å². The Balaban J connectivity index is 2.29. The molecule has 0 bridgehead atoms. The van der Waals surface area contributed by atoms with Gasteiger partial charge < -0.3 is 4.98 Å². The summed E-state index contributed by atoms with van der Waals surface area (Å²) in [6.07, 6.45) is 4.61. The summed E-state index contributed by atoms with van der Waals surface area (Å²) in [4.78, 5) is 3.35. The summed E-state index contributed by atoms with van der Waals surface area (Å²) >= 11 is 0. The van der Waals surface area contributed by atoms with Crippen molar-refractivity contribution >= 4 is 10.9 Å². The zero-order chi connectivity index (χ0) is 10.8. The molecule has 0 unspecified atom stereocenters. The van der Waals surface area contributed by atoms with Crippen LogP contribution in [0.1, 0.15) is 31.4 Å². The van der Waals surface area contributed by atoms with Gasteiger partial charge in [-0.2, -0.15) is 0 Å². The Hall–Kier alpha value is -1.24. The molecule has 0 aliphatic rings. The van der Waals surface area contributed by atoms with Gasteiger partial charge in [0.25, 0.3) is 0 Å². The van der Waals surface area contributed by atoms with Gasteiger partial charge in [0.1, 0.15) is 0 Å². The lowest BCUT2D eigenvalue weighted by molar-refractivity contribution is 0.588. The highest BCUT2D eigenvalue weighted by Gasteiger charge is 2.04. The van der Waals surface area contributed by atoms with E-state index in [0.29, 0.717) is 0 Å². The molecule has 0 saturated heterocycles. The smallest absolute Gasteiger partial charge is 0.0459 e. The third kappa shape index (κ3) is 2.23. The van der Waals surface area contributed by atoms with Gasteiger partial charge in [-0.3, -0.25) is 0 Å². The van der Waals surface area contributed by atoms with E-state index in [2.05, 4.69) is 50.2 Å². The summed E-state index contributed by atoms with van der Waals surface area (Å²) in [5.41, 5.74) is 4.05. The van der Waals surface area contributed by atoms with Crippen LogP contribution in [0.25, 0.3) is 10.9 Å². The van der Waals surface area contributed by atoms with Crippen LogP contribution in [-0.2, 0) is 6.42 Å². The van der Waals surface area contributed by atoms with Crippen LogP contribution in [0.4, 0.5) is 0 Å². The van der Waals surface area contributed by atoms with Crippen LogP contribution in [0.3, 0.4) is 0 Å². The topological polar surface area (TPSA) is 15.8 Å². The number of H-pyrrole nitrogens is 1. The summed E-state index contributed by atoms with van der Waals surface area (Å²) in [6.45, 7) is 6.69. The summed E-state index contributed by atoms with van der Waals surface area (Å²) in [5.74, 6) is 0.778. The van der Waals surface area contributed by atoms with Crippen molar-refractivity contribution in [3.63, 3.8) is 0 Å². The highest BCUT2D eigenvalue weighted by atomic mass is 14.7. The molecule has 0 aliphatic carbocycles. The molecule has 0 aliphatic heterocycles. The molecule has 1 aromatic heterocycles. The fourth-order valence-corrected chi connectivity index (χ4v) is 1.95. The van der Waals surface area contributed by atoms with E-state index < -0.39 is 0 Å². The van der Waals surface area contributed by atoms with Gasteiger partial charge in [0.2, 0.25) is 0 Å². The van der Waals surface area contributed by atoms with Crippen LogP contribution in [0.2, 0.25) is 0 Å². The van der Waals surface area contributed by atoms with Gasteiger partial charge in [0.05, 0.1) is 0 Å². The molecule has 1 aromatic carbocycles. The molecule has 2 aromatic rings. The Labute approximate surface area is 91.5 Å². The number of rotatable bonds is 3. The van der Waals surface area contributed by atoms with Crippen molar-refractivity contribution in [3.05, 3.63) is 35.5 Å². The molecule has 1 N–H and O–H groups in total. The van der Waals surface area contributed by atoms with E-state index in [-0.39, 0.29) is 0 Å². The first kappa shape index (κ1) is 10.3. The number of hydrogen-bond donors (Lipinski definition) is 1. The zero-order valence-corrected chi connectivity index (χ0v) is 9.80. The molecule has 1 heteroatoms. The molecular formula is C14H19N. The summed E-state index contributed by atoms with van der Waals surface area (Å²) in [5, 5.41) is 1.39. The minimum Gasteiger partial charge on any atom is -0.361 e. The van der Waals surface area contributed by atoms with E-state index in [0.717, 1.165) is 5.92 Å². The maximum absolute atomic E-state index is 3.35. The quantitative estimate of drug-likeness (QED) is 0.770. The lowest BCUT2D eigenvalue weighted by atomic mass is 10.0. The number of aryl methyl sites for hydroxylation is 2. The number of nitrogens with one attached hydrogen (secondary N) is 1. The molecule has 2 rings (SSSR count). The van der Waals surface area contributed by atoms with Gasteiger partial charge in [0.15, 0.2) is 0 Å². The van der Waals surface area contributed by atoms with Crippen LogP contribution >= 0.6 is 0 Å². The van der Waals surface area contributed by atoms with Crippen LogP contribution in [0, 0.1) is 12.8 Å². The molecule has 1 heterocycles. The fourth-order valence-electron chi connectivity index (χ4n) is 1.95. The predicted octanol–water partition coefficient (Wildman–Crippen LogP) is 4.06. The minimum atomic E-state index is 0.778. The maximum Gasteiger partial charge on any atom is 0.0459 e. The largest absolute Gasteiger partial charge is 0.361 e. The second-order valence-electron chi connectivity index (χ2n) is 4.80. The highest BCUT2D eigenvalue weighted by Crippen LogP contribution is 2.21. The lowest BCUT2D eigenvalue weighted by Crippen LogP contribution is -1.90. The summed E-state index contributed by atoms with van der Waals surface area (Å²) in [6, 6.07) is 6.64. The average Bonchev–Trinajstić information content (AvgIpc) is 2.57. The Morgan fingerprint density at radius 1 is 1.27 bits per heavy atom. The zero-order valence-electron chi connectivity index (χ0n) is 9.80. The Bertz CT molecular complexity index is 451. The summed E-state index contributed by atoms with van der Waals surface area (Å²) in [7, 11) is 0. The van der Waals surface area contributed by atoms with Crippen molar-refractivity contribution in [1.29, 1.82) is 0 Å². The standard InChI is InChI=1S/C14H19N/c1-10(2)4-6-12-9-15-14-8-11(3)5-7-13(12)14/h5,7-10,15H,4,6H2,1-3H3. The van der Waals surface area contributed by atoms with Crippen LogP contribution in [0.5, 0.6) is 0 Å². The lowest BCUT2D eigenvalue weighted by Gasteiger charge is -2.03. The number of benzene rings is 1. The Morgan fingerprint density at radius 2 is 2.07 bits per heavy atom. The molecule has 0 atom stereocenters. The van der Waals surface area contributed by atoms with Gasteiger partial charge in [-0.1, -0.05) is 26.0 Å². The summed E-state index contributed by atoms with van der Waals surface area (Å²) < 4.78 is 0. The first-order valence-electron chi connectivity index (χ1n) is 5.73. The third-order valence-corrected chi connectivity index (χ3v) is 2.91. The van der Waals surface area contributed by atoms with Crippen molar-refractivity contribution in [2.24, 2.45) is 5.92 Å². The number of aromatic nitrogens is 1. The van der Waals surface area contributed by atoms with E-state index in [4.69, 9.17) is 0 Å². The number of fused-ring (bicyclic) bond motifs is 1. The van der Waals surface area contributed by atoms with Gasteiger partial charge in [0, 0.05) is 17.1 Å². The van der Waals surface area contributed by atoms with E-state index >= 15 is 0 Å².